The number of halogens is 2. The van der Waals surface area contributed by atoms with E-state index in [2.05, 4.69) is 10.6 Å². The van der Waals surface area contributed by atoms with E-state index in [1.54, 1.807) is 18.2 Å². The van der Waals surface area contributed by atoms with E-state index in [0.717, 1.165) is 26.1 Å². The van der Waals surface area contributed by atoms with Gasteiger partial charge in [0.2, 0.25) is 5.91 Å². The summed E-state index contributed by atoms with van der Waals surface area (Å²) in [5, 5.41) is 6.80. The van der Waals surface area contributed by atoms with Gasteiger partial charge in [0.1, 0.15) is 0 Å². The topological polar surface area (TPSA) is 50.4 Å². The number of nitrogens with one attached hydrogen (secondary N) is 2. The Labute approximate surface area is 122 Å². The fraction of sp³-hybridized carbons (Fsp3) is 0.462. The molecule has 0 aromatic heterocycles. The number of anilines is 1. The zero-order valence-corrected chi connectivity index (χ0v) is 11.9. The highest BCUT2D eigenvalue weighted by atomic mass is 35.5. The van der Waals surface area contributed by atoms with Crippen molar-refractivity contribution < 1.29 is 9.53 Å². The summed E-state index contributed by atoms with van der Waals surface area (Å²) in [6.07, 6.45) is 1.86. The minimum atomic E-state index is -0.151. The first-order valence-corrected chi connectivity index (χ1v) is 6.97. The molecule has 1 saturated heterocycles. The Hall–Kier alpha value is -0.810. The van der Waals surface area contributed by atoms with Crippen LogP contribution in [0.4, 0.5) is 5.69 Å². The third-order valence-electron chi connectivity index (χ3n) is 3.00. The minimum absolute atomic E-state index is 0.151. The lowest BCUT2D eigenvalue weighted by Gasteiger charge is -2.23. The first-order chi connectivity index (χ1) is 9.16. The zero-order valence-electron chi connectivity index (χ0n) is 10.4. The third-order valence-corrected chi connectivity index (χ3v) is 3.63. The van der Waals surface area contributed by atoms with Crippen LogP contribution < -0.4 is 10.6 Å². The standard InChI is InChI=1S/C13H16Cl2N2O2/c14-10-2-1-3-11(15)13(10)17-12(18)8-16-9-4-6-19-7-5-9/h1-3,9,16H,4-8H2,(H,17,18). The van der Waals surface area contributed by atoms with Crippen LogP contribution in [0.5, 0.6) is 0 Å². The van der Waals surface area contributed by atoms with Crippen molar-refractivity contribution in [2.75, 3.05) is 25.1 Å². The van der Waals surface area contributed by atoms with Crippen LogP contribution in [-0.2, 0) is 9.53 Å². The Bertz CT molecular complexity index is 428. The lowest BCUT2D eigenvalue weighted by atomic mass is 10.1. The van der Waals surface area contributed by atoms with Crippen molar-refractivity contribution in [2.24, 2.45) is 0 Å². The summed E-state index contributed by atoms with van der Waals surface area (Å²) in [4.78, 5) is 11.8. The molecule has 0 atom stereocenters. The van der Waals surface area contributed by atoms with Gasteiger partial charge in [0.25, 0.3) is 0 Å². The molecular weight excluding hydrogens is 287 g/mol. The third kappa shape index (κ3) is 4.35. The molecule has 1 aromatic carbocycles. The van der Waals surface area contributed by atoms with Gasteiger partial charge in [0.15, 0.2) is 0 Å². The molecule has 1 aliphatic heterocycles. The zero-order chi connectivity index (χ0) is 13.7. The molecule has 1 amide bonds. The number of rotatable bonds is 4. The molecule has 4 nitrogen and oxygen atoms in total. The molecule has 0 unspecified atom stereocenters. The molecule has 1 aliphatic rings. The summed E-state index contributed by atoms with van der Waals surface area (Å²) in [5.41, 5.74) is 0.463. The maximum Gasteiger partial charge on any atom is 0.238 e. The van der Waals surface area contributed by atoms with E-state index < -0.39 is 0 Å². The van der Waals surface area contributed by atoms with Crippen LogP contribution in [0.25, 0.3) is 0 Å². The Morgan fingerprint density at radius 2 is 1.89 bits per heavy atom. The second-order valence-corrected chi connectivity index (χ2v) is 5.23. The van der Waals surface area contributed by atoms with Crippen molar-refractivity contribution in [3.8, 4) is 0 Å². The number of hydrogen-bond acceptors (Lipinski definition) is 3. The molecule has 0 aliphatic carbocycles. The summed E-state index contributed by atoms with van der Waals surface area (Å²) in [5.74, 6) is -0.151. The summed E-state index contributed by atoms with van der Waals surface area (Å²) in [6.45, 7) is 1.73. The predicted molar refractivity (Wildman–Crippen MR) is 76.9 cm³/mol. The molecule has 104 valence electrons. The molecule has 0 radical (unpaired) electrons. The Balaban J connectivity index is 1.83. The van der Waals surface area contributed by atoms with E-state index in [-0.39, 0.29) is 12.5 Å². The maximum absolute atomic E-state index is 11.8. The van der Waals surface area contributed by atoms with Gasteiger partial charge in [-0.2, -0.15) is 0 Å². The average molecular weight is 303 g/mol. The summed E-state index contributed by atoms with van der Waals surface area (Å²) in [6, 6.07) is 5.45. The van der Waals surface area contributed by atoms with Gasteiger partial charge in [-0.25, -0.2) is 0 Å². The highest BCUT2D eigenvalue weighted by molar-refractivity contribution is 6.39. The highest BCUT2D eigenvalue weighted by Gasteiger charge is 2.15. The van der Waals surface area contributed by atoms with Crippen molar-refractivity contribution in [3.05, 3.63) is 28.2 Å². The molecule has 19 heavy (non-hydrogen) atoms. The number of ether oxygens (including phenoxy) is 1. The largest absolute Gasteiger partial charge is 0.381 e. The van der Waals surface area contributed by atoms with Crippen LogP contribution in [0.3, 0.4) is 0 Å². The summed E-state index contributed by atoms with van der Waals surface area (Å²) < 4.78 is 5.26. The van der Waals surface area contributed by atoms with Crippen molar-refractivity contribution in [1.29, 1.82) is 0 Å². The van der Waals surface area contributed by atoms with Crippen LogP contribution >= 0.6 is 23.2 Å². The number of hydrogen-bond donors (Lipinski definition) is 2. The van der Waals surface area contributed by atoms with Crippen LogP contribution in [-0.4, -0.2) is 31.7 Å². The van der Waals surface area contributed by atoms with Gasteiger partial charge in [-0.3, -0.25) is 4.79 Å². The van der Waals surface area contributed by atoms with Gasteiger partial charge in [-0.05, 0) is 25.0 Å². The van der Waals surface area contributed by atoms with E-state index in [1.165, 1.54) is 0 Å². The van der Waals surface area contributed by atoms with Gasteiger partial charge in [0, 0.05) is 19.3 Å². The molecule has 2 N–H and O–H groups in total. The number of benzene rings is 1. The van der Waals surface area contributed by atoms with Crippen molar-refractivity contribution in [3.63, 3.8) is 0 Å². The van der Waals surface area contributed by atoms with Crippen LogP contribution in [0, 0.1) is 0 Å². The van der Waals surface area contributed by atoms with Crippen molar-refractivity contribution in [1.82, 2.24) is 5.32 Å². The molecule has 1 heterocycles. The predicted octanol–water partition coefficient (Wildman–Crippen LogP) is 2.70. The quantitative estimate of drug-likeness (QED) is 0.899. The number of carbonyl (C=O) groups is 1. The summed E-state index contributed by atoms with van der Waals surface area (Å²) in [7, 11) is 0. The molecule has 1 aromatic rings. The van der Waals surface area contributed by atoms with Crippen molar-refractivity contribution >= 4 is 34.8 Å². The van der Waals surface area contributed by atoms with Crippen LogP contribution in [0.1, 0.15) is 12.8 Å². The molecule has 0 spiro atoms. The Kier molecular flexibility index (Phi) is 5.45. The van der Waals surface area contributed by atoms with Gasteiger partial charge in [0.05, 0.1) is 22.3 Å². The number of carbonyl (C=O) groups excluding carboxylic acids is 1. The van der Waals surface area contributed by atoms with E-state index in [4.69, 9.17) is 27.9 Å². The second kappa shape index (κ2) is 7.10. The summed E-state index contributed by atoms with van der Waals surface area (Å²) >= 11 is 12.0. The number of amides is 1. The smallest absolute Gasteiger partial charge is 0.238 e. The van der Waals surface area contributed by atoms with Crippen molar-refractivity contribution in [2.45, 2.75) is 18.9 Å². The maximum atomic E-state index is 11.8. The van der Waals surface area contributed by atoms with E-state index in [1.807, 2.05) is 0 Å². The lowest BCUT2D eigenvalue weighted by Crippen LogP contribution is -2.39. The highest BCUT2D eigenvalue weighted by Crippen LogP contribution is 2.29. The molecule has 6 heteroatoms. The monoisotopic (exact) mass is 302 g/mol. The van der Waals surface area contributed by atoms with Crippen LogP contribution in [0.15, 0.2) is 18.2 Å². The van der Waals surface area contributed by atoms with E-state index in [0.29, 0.717) is 21.8 Å². The SMILES string of the molecule is O=C(CNC1CCOCC1)Nc1c(Cl)cccc1Cl. The molecule has 0 bridgehead atoms. The molecule has 0 saturated carbocycles. The first kappa shape index (κ1) is 14.6. The normalized spacial score (nSPS) is 16.3. The molecule has 1 fully saturated rings. The molecule has 2 rings (SSSR count). The van der Waals surface area contributed by atoms with Crippen LogP contribution in [0.2, 0.25) is 10.0 Å². The number of para-hydroxylation sites is 1. The Morgan fingerprint density at radius 1 is 1.26 bits per heavy atom. The fourth-order valence-electron chi connectivity index (χ4n) is 1.94. The molecular formula is C13H16Cl2N2O2. The minimum Gasteiger partial charge on any atom is -0.381 e. The fourth-order valence-corrected chi connectivity index (χ4v) is 2.43. The van der Waals surface area contributed by atoms with Gasteiger partial charge < -0.3 is 15.4 Å². The van der Waals surface area contributed by atoms with Gasteiger partial charge >= 0.3 is 0 Å². The Morgan fingerprint density at radius 3 is 2.53 bits per heavy atom. The lowest BCUT2D eigenvalue weighted by molar-refractivity contribution is -0.115. The van der Waals surface area contributed by atoms with Gasteiger partial charge in [-0.15, -0.1) is 0 Å². The second-order valence-electron chi connectivity index (χ2n) is 4.41. The van der Waals surface area contributed by atoms with E-state index in [9.17, 15) is 4.79 Å². The first-order valence-electron chi connectivity index (χ1n) is 6.22. The van der Waals surface area contributed by atoms with Gasteiger partial charge in [-0.1, -0.05) is 29.3 Å². The van der Waals surface area contributed by atoms with E-state index >= 15 is 0 Å². The average Bonchev–Trinajstić information content (AvgIpc) is 2.42.